The number of ether oxygens (including phenoxy) is 1. The molecule has 1 aromatic carbocycles. The lowest BCUT2D eigenvalue weighted by molar-refractivity contribution is -0.0429. The van der Waals surface area contributed by atoms with Gasteiger partial charge in [0.2, 0.25) is 0 Å². The van der Waals surface area contributed by atoms with Crippen molar-refractivity contribution in [1.82, 2.24) is 10.6 Å². The Bertz CT molecular complexity index is 1040. The summed E-state index contributed by atoms with van der Waals surface area (Å²) in [5, 5.41) is 6.93. The van der Waals surface area contributed by atoms with Crippen LogP contribution in [0.3, 0.4) is 0 Å². The number of thiophene rings is 1. The number of sulfonamides is 1. The van der Waals surface area contributed by atoms with Crippen LogP contribution in [-0.2, 0) is 10.0 Å². The summed E-state index contributed by atoms with van der Waals surface area (Å²) in [5.74, 6) is 0.113. The number of anilines is 1. The molecular formula is C18H18F3N3O4S2. The number of carbonyl (C=O) groups is 1. The molecule has 3 N–H and O–H groups in total. The molecule has 2 aromatic rings. The Hall–Kier alpha value is -2.31. The number of nitrogens with one attached hydrogen (secondary N) is 3. The predicted octanol–water partition coefficient (Wildman–Crippen LogP) is 3.42. The number of halogens is 3. The molecule has 30 heavy (non-hydrogen) atoms. The van der Waals surface area contributed by atoms with Gasteiger partial charge in [0.25, 0.3) is 5.91 Å². The second-order valence-electron chi connectivity index (χ2n) is 7.16. The van der Waals surface area contributed by atoms with Gasteiger partial charge >= 0.3 is 15.5 Å². The van der Waals surface area contributed by atoms with Crippen LogP contribution in [0.5, 0.6) is 10.8 Å². The number of fused-ring (bicyclic) bond motifs is 2. The molecule has 3 atom stereocenters. The maximum Gasteiger partial charge on any atom is 0.516 e. The van der Waals surface area contributed by atoms with Crippen molar-refractivity contribution >= 4 is 33.0 Å². The topological polar surface area (TPSA) is 96.5 Å². The highest BCUT2D eigenvalue weighted by molar-refractivity contribution is 7.93. The Morgan fingerprint density at radius 2 is 1.87 bits per heavy atom. The van der Waals surface area contributed by atoms with Gasteiger partial charge in [-0.15, -0.1) is 0 Å². The minimum Gasteiger partial charge on any atom is -0.447 e. The van der Waals surface area contributed by atoms with Crippen LogP contribution >= 0.6 is 11.3 Å². The van der Waals surface area contributed by atoms with E-state index < -0.39 is 15.5 Å². The van der Waals surface area contributed by atoms with E-state index in [4.69, 9.17) is 4.74 Å². The summed E-state index contributed by atoms with van der Waals surface area (Å²) >= 11 is 1.14. The van der Waals surface area contributed by atoms with Crippen LogP contribution in [0.1, 0.15) is 28.9 Å². The number of carbonyl (C=O) groups excluding carboxylic acids is 1. The molecule has 0 aliphatic carbocycles. The molecule has 0 radical (unpaired) electrons. The lowest BCUT2D eigenvalue weighted by Crippen LogP contribution is -2.42. The van der Waals surface area contributed by atoms with Crippen LogP contribution in [0.4, 0.5) is 18.9 Å². The molecule has 0 unspecified atom stereocenters. The number of rotatable bonds is 6. The van der Waals surface area contributed by atoms with E-state index in [0.29, 0.717) is 22.0 Å². The average Bonchev–Trinajstić information content (AvgIpc) is 3.39. The molecule has 0 spiro atoms. The first-order valence-corrected chi connectivity index (χ1v) is 11.4. The summed E-state index contributed by atoms with van der Waals surface area (Å²) in [7, 11) is -5.48. The number of alkyl halides is 3. The third-order valence-corrected chi connectivity index (χ3v) is 7.13. The van der Waals surface area contributed by atoms with Crippen molar-refractivity contribution in [3.63, 3.8) is 0 Å². The third-order valence-electron chi connectivity index (χ3n) is 5.05. The molecule has 7 nitrogen and oxygen atoms in total. The van der Waals surface area contributed by atoms with E-state index in [9.17, 15) is 26.4 Å². The van der Waals surface area contributed by atoms with Gasteiger partial charge in [0.15, 0.2) is 5.06 Å². The largest absolute Gasteiger partial charge is 0.516 e. The van der Waals surface area contributed by atoms with E-state index in [-0.39, 0.29) is 23.4 Å². The number of amides is 1. The molecule has 2 aliphatic heterocycles. The Labute approximate surface area is 174 Å². The summed E-state index contributed by atoms with van der Waals surface area (Å²) in [6.45, 7) is 0. The third kappa shape index (κ3) is 4.40. The maximum absolute atomic E-state index is 12.5. The summed E-state index contributed by atoms with van der Waals surface area (Å²) in [6.07, 6.45) is 3.13. The quantitative estimate of drug-likeness (QED) is 0.613. The van der Waals surface area contributed by atoms with Gasteiger partial charge in [0, 0.05) is 23.8 Å². The lowest BCUT2D eigenvalue weighted by Gasteiger charge is -2.20. The first kappa shape index (κ1) is 20.9. The molecule has 2 fully saturated rings. The Kier molecular flexibility index (Phi) is 5.41. The van der Waals surface area contributed by atoms with Crippen molar-refractivity contribution in [2.24, 2.45) is 0 Å². The zero-order chi connectivity index (χ0) is 21.5. The number of hydrogen-bond donors (Lipinski definition) is 3. The molecule has 1 amide bonds. The summed E-state index contributed by atoms with van der Waals surface area (Å²) in [6, 6.07) is 9.15. The SMILES string of the molecule is O=C(N[C@@H]1C[C@H]2CC[C@@H]1N2)c1ccc(Oc2ccc(NS(=O)(=O)C(F)(F)F)cc2)s1. The monoisotopic (exact) mass is 461 g/mol. The second kappa shape index (κ2) is 7.75. The van der Waals surface area contributed by atoms with E-state index >= 15 is 0 Å². The highest BCUT2D eigenvalue weighted by Gasteiger charge is 2.46. The van der Waals surface area contributed by atoms with E-state index in [2.05, 4.69) is 10.6 Å². The van der Waals surface area contributed by atoms with Gasteiger partial charge in [-0.3, -0.25) is 9.52 Å². The van der Waals surface area contributed by atoms with Crippen molar-refractivity contribution in [3.8, 4) is 10.8 Å². The van der Waals surface area contributed by atoms with Gasteiger partial charge in [0.1, 0.15) is 5.75 Å². The zero-order valence-corrected chi connectivity index (χ0v) is 17.0. The Balaban J connectivity index is 1.35. The molecule has 162 valence electrons. The smallest absolute Gasteiger partial charge is 0.447 e. The maximum atomic E-state index is 12.5. The van der Waals surface area contributed by atoms with Crippen LogP contribution < -0.4 is 20.1 Å². The van der Waals surface area contributed by atoms with Crippen molar-refractivity contribution in [3.05, 3.63) is 41.3 Å². The summed E-state index contributed by atoms with van der Waals surface area (Å²) in [5.41, 5.74) is -5.64. The first-order chi connectivity index (χ1) is 14.1. The van der Waals surface area contributed by atoms with E-state index in [1.807, 2.05) is 0 Å². The molecule has 2 saturated heterocycles. The fourth-order valence-electron chi connectivity index (χ4n) is 3.64. The van der Waals surface area contributed by atoms with Crippen molar-refractivity contribution in [2.45, 2.75) is 42.9 Å². The first-order valence-electron chi connectivity index (χ1n) is 9.14. The zero-order valence-electron chi connectivity index (χ0n) is 15.4. The van der Waals surface area contributed by atoms with Crippen molar-refractivity contribution in [2.75, 3.05) is 4.72 Å². The predicted molar refractivity (Wildman–Crippen MR) is 105 cm³/mol. The molecule has 2 aliphatic rings. The average molecular weight is 461 g/mol. The van der Waals surface area contributed by atoms with Gasteiger partial charge in [-0.2, -0.15) is 21.6 Å². The minimum absolute atomic E-state index is 0.121. The fourth-order valence-corrected chi connectivity index (χ4v) is 4.98. The van der Waals surface area contributed by atoms with Gasteiger partial charge in [-0.1, -0.05) is 11.3 Å². The van der Waals surface area contributed by atoms with E-state index in [1.165, 1.54) is 16.9 Å². The molecule has 1 aromatic heterocycles. The van der Waals surface area contributed by atoms with Gasteiger partial charge in [0.05, 0.1) is 4.88 Å². The molecular weight excluding hydrogens is 443 g/mol. The minimum atomic E-state index is -5.48. The van der Waals surface area contributed by atoms with Gasteiger partial charge < -0.3 is 15.4 Å². The summed E-state index contributed by atoms with van der Waals surface area (Å²) < 4.78 is 66.5. The van der Waals surface area contributed by atoms with Gasteiger partial charge in [-0.25, -0.2) is 0 Å². The number of hydrogen-bond acceptors (Lipinski definition) is 6. The molecule has 2 bridgehead atoms. The van der Waals surface area contributed by atoms with Crippen LogP contribution in [0.25, 0.3) is 0 Å². The van der Waals surface area contributed by atoms with Crippen LogP contribution in [0, 0.1) is 0 Å². The van der Waals surface area contributed by atoms with Crippen molar-refractivity contribution < 1.29 is 31.1 Å². The Morgan fingerprint density at radius 1 is 1.13 bits per heavy atom. The Morgan fingerprint density at radius 3 is 2.47 bits per heavy atom. The lowest BCUT2D eigenvalue weighted by atomic mass is 9.95. The van der Waals surface area contributed by atoms with Crippen molar-refractivity contribution in [1.29, 1.82) is 0 Å². The molecule has 12 heteroatoms. The fraction of sp³-hybridized carbons (Fsp3) is 0.389. The highest BCUT2D eigenvalue weighted by Crippen LogP contribution is 2.32. The van der Waals surface area contributed by atoms with E-state index in [0.717, 1.165) is 42.7 Å². The second-order valence-corrected chi connectivity index (χ2v) is 9.88. The normalized spacial score (nSPS) is 23.4. The van der Waals surface area contributed by atoms with E-state index in [1.54, 1.807) is 12.1 Å². The standard InChI is InChI=1S/C18H18F3N3O4S2/c19-18(20,21)30(26,27)24-10-1-4-12(5-2-10)28-16-8-7-15(29-16)17(25)23-14-9-11-3-6-13(14)22-11/h1-2,4-5,7-8,11,13-14,22,24H,3,6,9H2,(H,23,25)/t11-,13+,14-/m1/s1. The van der Waals surface area contributed by atoms with Crippen LogP contribution in [-0.4, -0.2) is 38.0 Å². The van der Waals surface area contributed by atoms with Crippen LogP contribution in [0.15, 0.2) is 36.4 Å². The van der Waals surface area contributed by atoms with Crippen LogP contribution in [0.2, 0.25) is 0 Å². The molecule has 3 heterocycles. The molecule has 0 saturated carbocycles. The number of benzene rings is 1. The highest BCUT2D eigenvalue weighted by atomic mass is 32.2. The molecule has 4 rings (SSSR count). The summed E-state index contributed by atoms with van der Waals surface area (Å²) in [4.78, 5) is 12.9. The van der Waals surface area contributed by atoms with Gasteiger partial charge in [-0.05, 0) is 55.7 Å².